The summed E-state index contributed by atoms with van der Waals surface area (Å²) in [6, 6.07) is 3.43. The summed E-state index contributed by atoms with van der Waals surface area (Å²) >= 11 is 9.24. The Hall–Kier alpha value is -1.46. The van der Waals surface area contributed by atoms with Gasteiger partial charge in [0.1, 0.15) is 5.82 Å². The Morgan fingerprint density at radius 3 is 2.89 bits per heavy atom. The third-order valence-corrected chi connectivity index (χ3v) is 3.13. The van der Waals surface area contributed by atoms with Gasteiger partial charge >= 0.3 is 0 Å². The van der Waals surface area contributed by atoms with Crippen LogP contribution < -0.4 is 5.32 Å². The van der Waals surface area contributed by atoms with Gasteiger partial charge in [0.15, 0.2) is 0 Å². The number of pyridine rings is 2. The van der Waals surface area contributed by atoms with Crippen LogP contribution in [0.25, 0.3) is 0 Å². The molecule has 0 aliphatic carbocycles. The van der Waals surface area contributed by atoms with Gasteiger partial charge in [0.05, 0.1) is 15.1 Å². The minimum atomic E-state index is -0.320. The van der Waals surface area contributed by atoms with Crippen molar-refractivity contribution in [2.24, 2.45) is 0 Å². The second-order valence-electron chi connectivity index (χ2n) is 3.65. The van der Waals surface area contributed by atoms with E-state index in [2.05, 4.69) is 31.2 Å². The van der Waals surface area contributed by atoms with E-state index >= 15 is 0 Å². The molecule has 0 fully saturated rings. The van der Waals surface area contributed by atoms with E-state index in [9.17, 15) is 4.79 Å². The van der Waals surface area contributed by atoms with Gasteiger partial charge in [-0.2, -0.15) is 0 Å². The van der Waals surface area contributed by atoms with E-state index in [1.807, 2.05) is 13.0 Å². The first-order chi connectivity index (χ1) is 8.58. The lowest BCUT2D eigenvalue weighted by Crippen LogP contribution is -2.14. The molecule has 0 saturated heterocycles. The number of carbonyl (C=O) groups is 1. The number of hydrogen-bond acceptors (Lipinski definition) is 3. The van der Waals surface area contributed by atoms with Crippen molar-refractivity contribution in [2.75, 3.05) is 5.32 Å². The standard InChI is InChI=1S/C12H9BrClN3O/c1-7-4-9(13)11(16-5-7)17-12(18)8-2-3-15-6-10(8)14/h2-6H,1H3,(H,16,17,18). The molecule has 0 aliphatic rings. The number of amides is 1. The minimum absolute atomic E-state index is 0.304. The Bertz CT molecular complexity index is 604. The predicted octanol–water partition coefficient (Wildman–Crippen LogP) is 3.45. The van der Waals surface area contributed by atoms with Crippen molar-refractivity contribution >= 4 is 39.3 Å². The second kappa shape index (κ2) is 5.46. The molecule has 2 aromatic heterocycles. The summed E-state index contributed by atoms with van der Waals surface area (Å²) < 4.78 is 0.723. The highest BCUT2D eigenvalue weighted by Crippen LogP contribution is 2.22. The van der Waals surface area contributed by atoms with E-state index in [4.69, 9.17) is 11.6 Å². The third-order valence-electron chi connectivity index (χ3n) is 2.23. The molecular weight excluding hydrogens is 318 g/mol. The number of nitrogens with one attached hydrogen (secondary N) is 1. The maximum Gasteiger partial charge on any atom is 0.258 e. The van der Waals surface area contributed by atoms with Crippen LogP contribution in [0.2, 0.25) is 5.02 Å². The molecule has 1 N–H and O–H groups in total. The van der Waals surface area contributed by atoms with Crippen molar-refractivity contribution in [3.8, 4) is 0 Å². The Labute approximate surface area is 118 Å². The van der Waals surface area contributed by atoms with Gasteiger partial charge in [0.25, 0.3) is 5.91 Å². The third kappa shape index (κ3) is 2.86. The lowest BCUT2D eigenvalue weighted by molar-refractivity contribution is 0.102. The van der Waals surface area contributed by atoms with Crippen molar-refractivity contribution in [2.45, 2.75) is 6.92 Å². The summed E-state index contributed by atoms with van der Waals surface area (Å²) in [6.45, 7) is 1.92. The Balaban J connectivity index is 2.24. The smallest absolute Gasteiger partial charge is 0.258 e. The van der Waals surface area contributed by atoms with Gasteiger partial charge in [-0.1, -0.05) is 11.6 Å². The van der Waals surface area contributed by atoms with Crippen LogP contribution in [-0.2, 0) is 0 Å². The number of halogens is 2. The van der Waals surface area contributed by atoms with Crippen LogP contribution in [0.5, 0.6) is 0 Å². The highest BCUT2D eigenvalue weighted by atomic mass is 79.9. The van der Waals surface area contributed by atoms with E-state index < -0.39 is 0 Å². The van der Waals surface area contributed by atoms with Gasteiger partial charge in [0, 0.05) is 18.6 Å². The fourth-order valence-corrected chi connectivity index (χ4v) is 2.13. The van der Waals surface area contributed by atoms with Crippen molar-refractivity contribution < 1.29 is 4.79 Å². The fraction of sp³-hybridized carbons (Fsp3) is 0.0833. The molecule has 1 amide bonds. The predicted molar refractivity (Wildman–Crippen MR) is 73.9 cm³/mol. The van der Waals surface area contributed by atoms with Crippen LogP contribution in [0.4, 0.5) is 5.82 Å². The first-order valence-corrected chi connectivity index (χ1v) is 6.28. The molecule has 0 radical (unpaired) electrons. The molecule has 0 aromatic carbocycles. The molecule has 92 valence electrons. The van der Waals surface area contributed by atoms with E-state index in [0.717, 1.165) is 10.0 Å². The van der Waals surface area contributed by atoms with Crippen LogP contribution in [0.1, 0.15) is 15.9 Å². The zero-order chi connectivity index (χ0) is 13.1. The highest BCUT2D eigenvalue weighted by molar-refractivity contribution is 9.10. The molecule has 0 saturated carbocycles. The Morgan fingerprint density at radius 1 is 1.44 bits per heavy atom. The lowest BCUT2D eigenvalue weighted by Gasteiger charge is -2.07. The molecule has 2 rings (SSSR count). The molecule has 0 bridgehead atoms. The maximum atomic E-state index is 12.0. The largest absolute Gasteiger partial charge is 0.306 e. The fourth-order valence-electron chi connectivity index (χ4n) is 1.36. The average Bonchev–Trinajstić information content (AvgIpc) is 2.33. The minimum Gasteiger partial charge on any atom is -0.306 e. The van der Waals surface area contributed by atoms with Crippen LogP contribution >= 0.6 is 27.5 Å². The molecule has 4 nitrogen and oxygen atoms in total. The van der Waals surface area contributed by atoms with Crippen molar-refractivity contribution in [3.63, 3.8) is 0 Å². The molecule has 0 unspecified atom stereocenters. The number of aryl methyl sites for hydroxylation is 1. The van der Waals surface area contributed by atoms with E-state index in [-0.39, 0.29) is 5.91 Å². The van der Waals surface area contributed by atoms with Gasteiger partial charge in [0.2, 0.25) is 0 Å². The number of nitrogens with zero attached hydrogens (tertiary/aromatic N) is 2. The van der Waals surface area contributed by atoms with Crippen molar-refractivity contribution in [3.05, 3.63) is 51.3 Å². The van der Waals surface area contributed by atoms with Crippen LogP contribution in [-0.4, -0.2) is 15.9 Å². The molecule has 0 spiro atoms. The topological polar surface area (TPSA) is 54.9 Å². The SMILES string of the molecule is Cc1cnc(NC(=O)c2ccncc2Cl)c(Br)c1. The molecular formula is C12H9BrClN3O. The summed E-state index contributed by atoms with van der Waals surface area (Å²) in [5.74, 6) is 0.137. The van der Waals surface area contributed by atoms with Gasteiger partial charge in [-0.3, -0.25) is 9.78 Å². The molecule has 6 heteroatoms. The summed E-state index contributed by atoms with van der Waals surface area (Å²) in [7, 11) is 0. The summed E-state index contributed by atoms with van der Waals surface area (Å²) in [5.41, 5.74) is 1.36. The van der Waals surface area contributed by atoms with E-state index in [1.54, 1.807) is 12.3 Å². The van der Waals surface area contributed by atoms with Gasteiger partial charge < -0.3 is 5.32 Å². The van der Waals surface area contributed by atoms with Gasteiger partial charge in [-0.05, 0) is 40.5 Å². The molecule has 2 heterocycles. The zero-order valence-corrected chi connectivity index (χ0v) is 11.8. The first-order valence-electron chi connectivity index (χ1n) is 5.11. The highest BCUT2D eigenvalue weighted by Gasteiger charge is 2.12. The second-order valence-corrected chi connectivity index (χ2v) is 4.91. The Kier molecular flexibility index (Phi) is 3.93. The average molecular weight is 327 g/mol. The molecule has 2 aromatic rings. The molecule has 0 atom stereocenters. The quantitative estimate of drug-likeness (QED) is 0.919. The van der Waals surface area contributed by atoms with Crippen LogP contribution in [0.15, 0.2) is 35.2 Å². The van der Waals surface area contributed by atoms with Gasteiger partial charge in [-0.15, -0.1) is 0 Å². The van der Waals surface area contributed by atoms with E-state index in [1.165, 1.54) is 12.4 Å². The maximum absolute atomic E-state index is 12.0. The van der Waals surface area contributed by atoms with Crippen LogP contribution in [0.3, 0.4) is 0 Å². The number of aromatic nitrogens is 2. The van der Waals surface area contributed by atoms with Crippen LogP contribution in [0, 0.1) is 6.92 Å². The summed E-state index contributed by atoms with van der Waals surface area (Å²) in [6.07, 6.45) is 4.61. The zero-order valence-electron chi connectivity index (χ0n) is 9.45. The number of anilines is 1. The number of carbonyl (C=O) groups excluding carboxylic acids is 1. The lowest BCUT2D eigenvalue weighted by atomic mass is 10.2. The Morgan fingerprint density at radius 2 is 2.22 bits per heavy atom. The number of hydrogen-bond donors (Lipinski definition) is 1. The first kappa shape index (κ1) is 13.0. The number of rotatable bonds is 2. The normalized spacial score (nSPS) is 10.2. The van der Waals surface area contributed by atoms with Crippen molar-refractivity contribution in [1.29, 1.82) is 0 Å². The summed E-state index contributed by atoms with van der Waals surface area (Å²) in [4.78, 5) is 20.0. The van der Waals surface area contributed by atoms with Crippen molar-refractivity contribution in [1.82, 2.24) is 9.97 Å². The van der Waals surface area contributed by atoms with E-state index in [0.29, 0.717) is 16.4 Å². The molecule has 0 aliphatic heterocycles. The monoisotopic (exact) mass is 325 g/mol. The molecule has 18 heavy (non-hydrogen) atoms. The summed E-state index contributed by atoms with van der Waals surface area (Å²) in [5, 5.41) is 2.99. The van der Waals surface area contributed by atoms with Gasteiger partial charge in [-0.25, -0.2) is 4.98 Å².